The smallest absolute Gasteiger partial charge is 0.407 e. The molecule has 4 unspecified atom stereocenters. The third kappa shape index (κ3) is 4.14. The van der Waals surface area contributed by atoms with Gasteiger partial charge in [-0.05, 0) is 47.4 Å². The van der Waals surface area contributed by atoms with Gasteiger partial charge in [-0.25, -0.2) is 4.79 Å². The van der Waals surface area contributed by atoms with Crippen molar-refractivity contribution >= 4 is 18.0 Å². The first-order valence-corrected chi connectivity index (χ1v) is 11.7. The van der Waals surface area contributed by atoms with Crippen LogP contribution >= 0.6 is 0 Å². The SMILES string of the molecule is O=C(O)CC(O)CNC(=O)C12CC(NC(=O)OCC3c4ccccc4-c4ccccc43)CC1C2. The standard InChI is InChI=1S/C26H28N2O6/c29-17(10-23(30)31)13-27-24(32)26-11-15(26)9-16(12-26)28-25(33)34-14-22-20-7-3-1-5-18(20)19-6-2-4-8-21(19)22/h1-8,15-17,22,29H,9-14H2,(H,27,32)(H,28,33)(H,30,31). The lowest BCUT2D eigenvalue weighted by Gasteiger charge is -2.19. The number of carboxylic acid groups (broad SMARTS) is 1. The Bertz CT molecular complexity index is 1090. The van der Waals surface area contributed by atoms with Gasteiger partial charge in [-0.15, -0.1) is 0 Å². The zero-order chi connectivity index (χ0) is 23.9. The van der Waals surface area contributed by atoms with E-state index in [1.54, 1.807) is 0 Å². The summed E-state index contributed by atoms with van der Waals surface area (Å²) in [5.41, 5.74) is 4.11. The molecule has 2 aromatic rings. The number of fused-ring (bicyclic) bond motifs is 4. The van der Waals surface area contributed by atoms with Crippen LogP contribution in [0.25, 0.3) is 11.1 Å². The van der Waals surface area contributed by atoms with Crippen LogP contribution in [0.2, 0.25) is 0 Å². The van der Waals surface area contributed by atoms with E-state index >= 15 is 0 Å². The van der Waals surface area contributed by atoms with E-state index < -0.39 is 30.0 Å². The number of carbonyl (C=O) groups excluding carboxylic acids is 2. The van der Waals surface area contributed by atoms with Crippen molar-refractivity contribution in [2.24, 2.45) is 11.3 Å². The number of hydrogen-bond acceptors (Lipinski definition) is 5. The van der Waals surface area contributed by atoms with Gasteiger partial charge in [0.05, 0.1) is 17.9 Å². The lowest BCUT2D eigenvalue weighted by molar-refractivity contribution is -0.139. The van der Waals surface area contributed by atoms with Gasteiger partial charge >= 0.3 is 12.1 Å². The second-order valence-electron chi connectivity index (χ2n) is 9.63. The molecule has 0 aliphatic heterocycles. The van der Waals surface area contributed by atoms with Crippen LogP contribution in [-0.4, -0.2) is 53.5 Å². The van der Waals surface area contributed by atoms with Crippen molar-refractivity contribution in [1.29, 1.82) is 0 Å². The number of nitrogens with one attached hydrogen (secondary N) is 2. The predicted molar refractivity (Wildman–Crippen MR) is 123 cm³/mol. The Morgan fingerprint density at radius 3 is 2.32 bits per heavy atom. The average molecular weight is 465 g/mol. The Kier molecular flexibility index (Phi) is 5.77. The minimum Gasteiger partial charge on any atom is -0.481 e. The third-order valence-corrected chi connectivity index (χ3v) is 7.44. The Labute approximate surface area is 197 Å². The third-order valence-electron chi connectivity index (χ3n) is 7.44. The summed E-state index contributed by atoms with van der Waals surface area (Å²) in [6, 6.07) is 16.2. The number of carbonyl (C=O) groups is 3. The van der Waals surface area contributed by atoms with Crippen LogP contribution in [-0.2, 0) is 14.3 Å². The highest BCUT2D eigenvalue weighted by Crippen LogP contribution is 2.63. The molecule has 0 aromatic heterocycles. The van der Waals surface area contributed by atoms with Gasteiger partial charge < -0.3 is 25.6 Å². The fraction of sp³-hybridized carbons (Fsp3) is 0.423. The highest BCUT2D eigenvalue weighted by atomic mass is 16.5. The molecule has 3 aliphatic rings. The molecule has 0 saturated heterocycles. The van der Waals surface area contributed by atoms with Crippen LogP contribution < -0.4 is 10.6 Å². The molecule has 2 aromatic carbocycles. The summed E-state index contributed by atoms with van der Waals surface area (Å²) in [6.45, 7) is 0.146. The van der Waals surface area contributed by atoms with Crippen LogP contribution in [0.3, 0.4) is 0 Å². The van der Waals surface area contributed by atoms with Gasteiger partial charge in [0.1, 0.15) is 6.61 Å². The maximum Gasteiger partial charge on any atom is 0.407 e. The van der Waals surface area contributed by atoms with Gasteiger partial charge in [0.2, 0.25) is 5.91 Å². The molecule has 0 spiro atoms. The predicted octanol–water partition coefficient (Wildman–Crippen LogP) is 2.65. The molecule has 4 N–H and O–H groups in total. The Balaban J connectivity index is 1.13. The number of alkyl carbamates (subject to hydrolysis) is 1. The molecule has 4 atom stereocenters. The number of benzene rings is 2. The molecular formula is C26H28N2O6. The zero-order valence-electron chi connectivity index (χ0n) is 18.7. The maximum absolute atomic E-state index is 12.7. The fourth-order valence-electron chi connectivity index (χ4n) is 5.75. The molecule has 5 rings (SSSR count). The molecule has 0 radical (unpaired) electrons. The van der Waals surface area contributed by atoms with Crippen molar-refractivity contribution in [3.63, 3.8) is 0 Å². The molecule has 2 saturated carbocycles. The number of amides is 2. The quantitative estimate of drug-likeness (QED) is 0.476. The number of ether oxygens (including phenoxy) is 1. The largest absolute Gasteiger partial charge is 0.481 e. The van der Waals surface area contributed by atoms with E-state index in [9.17, 15) is 19.5 Å². The molecule has 3 aliphatic carbocycles. The number of aliphatic hydroxyl groups is 1. The van der Waals surface area contributed by atoms with Gasteiger partial charge in [-0.2, -0.15) is 0 Å². The Hall–Kier alpha value is -3.39. The number of hydrogen-bond donors (Lipinski definition) is 4. The summed E-state index contributed by atoms with van der Waals surface area (Å²) in [6.07, 6.45) is -0.0518. The lowest BCUT2D eigenvalue weighted by atomic mass is 9.98. The highest BCUT2D eigenvalue weighted by Gasteiger charge is 2.65. The van der Waals surface area contributed by atoms with Crippen LogP contribution in [0.1, 0.15) is 42.7 Å². The highest BCUT2D eigenvalue weighted by molar-refractivity contribution is 5.87. The molecule has 8 nitrogen and oxygen atoms in total. The summed E-state index contributed by atoms with van der Waals surface area (Å²) in [5, 5.41) is 24.0. The summed E-state index contributed by atoms with van der Waals surface area (Å²) in [4.78, 5) is 35.9. The second-order valence-corrected chi connectivity index (χ2v) is 9.63. The van der Waals surface area contributed by atoms with Crippen molar-refractivity contribution in [3.8, 4) is 11.1 Å². The van der Waals surface area contributed by atoms with Gasteiger partial charge in [-0.1, -0.05) is 48.5 Å². The normalized spacial score (nSPS) is 25.0. The first-order chi connectivity index (χ1) is 16.4. The summed E-state index contributed by atoms with van der Waals surface area (Å²) in [5.74, 6) is -1.12. The lowest BCUT2D eigenvalue weighted by Crippen LogP contribution is -2.40. The number of rotatable bonds is 8. The fourth-order valence-corrected chi connectivity index (χ4v) is 5.75. The summed E-state index contributed by atoms with van der Waals surface area (Å²) < 4.78 is 5.62. The van der Waals surface area contributed by atoms with Gasteiger partial charge in [-0.3, -0.25) is 9.59 Å². The van der Waals surface area contributed by atoms with Crippen LogP contribution in [0, 0.1) is 11.3 Å². The van der Waals surface area contributed by atoms with Crippen molar-refractivity contribution in [2.75, 3.05) is 13.2 Å². The van der Waals surface area contributed by atoms with E-state index in [0.29, 0.717) is 12.8 Å². The summed E-state index contributed by atoms with van der Waals surface area (Å²) >= 11 is 0. The topological polar surface area (TPSA) is 125 Å². The molecule has 2 fully saturated rings. The van der Waals surface area contributed by atoms with Gasteiger partial charge in [0.15, 0.2) is 0 Å². The Morgan fingerprint density at radius 2 is 1.68 bits per heavy atom. The average Bonchev–Trinajstić information content (AvgIpc) is 3.24. The number of aliphatic carboxylic acids is 1. The van der Waals surface area contributed by atoms with Gasteiger partial charge in [0, 0.05) is 18.5 Å². The molecular weight excluding hydrogens is 436 g/mol. The van der Waals surface area contributed by atoms with Crippen molar-refractivity contribution < 1.29 is 29.3 Å². The van der Waals surface area contributed by atoms with Crippen molar-refractivity contribution in [2.45, 2.75) is 43.7 Å². The molecule has 8 heteroatoms. The molecule has 0 bridgehead atoms. The van der Waals surface area contributed by atoms with E-state index in [0.717, 1.165) is 17.5 Å². The zero-order valence-corrected chi connectivity index (χ0v) is 18.7. The minimum atomic E-state index is -1.12. The Morgan fingerprint density at radius 1 is 1.03 bits per heavy atom. The monoisotopic (exact) mass is 464 g/mol. The summed E-state index contributed by atoms with van der Waals surface area (Å²) in [7, 11) is 0. The van der Waals surface area contributed by atoms with Gasteiger partial charge in [0.25, 0.3) is 0 Å². The van der Waals surface area contributed by atoms with Crippen LogP contribution in [0.4, 0.5) is 4.79 Å². The molecule has 0 heterocycles. The van der Waals surface area contributed by atoms with Crippen molar-refractivity contribution in [1.82, 2.24) is 10.6 Å². The van der Waals surface area contributed by atoms with E-state index in [2.05, 4.69) is 34.9 Å². The van der Waals surface area contributed by atoms with E-state index in [1.807, 2.05) is 24.3 Å². The van der Waals surface area contributed by atoms with Crippen LogP contribution in [0.5, 0.6) is 0 Å². The first kappa shape index (κ1) is 22.4. The maximum atomic E-state index is 12.7. The molecule has 34 heavy (non-hydrogen) atoms. The minimum absolute atomic E-state index is 0.00974. The number of aliphatic hydroxyl groups excluding tert-OH is 1. The van der Waals surface area contributed by atoms with E-state index in [4.69, 9.17) is 9.84 Å². The van der Waals surface area contributed by atoms with Crippen molar-refractivity contribution in [3.05, 3.63) is 59.7 Å². The first-order valence-electron chi connectivity index (χ1n) is 11.7. The van der Waals surface area contributed by atoms with E-state index in [-0.39, 0.29) is 36.9 Å². The number of carboxylic acids is 1. The second kappa shape index (κ2) is 8.76. The van der Waals surface area contributed by atoms with E-state index in [1.165, 1.54) is 11.1 Å². The molecule has 178 valence electrons. The van der Waals surface area contributed by atoms with Crippen LogP contribution in [0.15, 0.2) is 48.5 Å². The molecule has 2 amide bonds.